The number of hydrogen-bond acceptors (Lipinski definition) is 5. The quantitative estimate of drug-likeness (QED) is 0.294. The minimum atomic E-state index is -0.974. The summed E-state index contributed by atoms with van der Waals surface area (Å²) in [5.74, 6) is -0.839. The summed E-state index contributed by atoms with van der Waals surface area (Å²) in [6.45, 7) is 6.82. The average Bonchev–Trinajstić information content (AvgIpc) is 3.23. The van der Waals surface area contributed by atoms with E-state index in [-0.39, 0.29) is 25.0 Å². The number of carbonyl (C=O) groups is 1. The predicted molar refractivity (Wildman–Crippen MR) is 140 cm³/mol. The van der Waals surface area contributed by atoms with Gasteiger partial charge in [-0.3, -0.25) is 4.79 Å². The maximum Gasteiger partial charge on any atom is 0.303 e. The van der Waals surface area contributed by atoms with E-state index in [1.807, 2.05) is 6.92 Å². The first kappa shape index (κ1) is 27.9. The van der Waals surface area contributed by atoms with E-state index in [0.29, 0.717) is 30.0 Å². The van der Waals surface area contributed by atoms with Crippen molar-refractivity contribution >= 4 is 5.97 Å². The van der Waals surface area contributed by atoms with Crippen molar-refractivity contribution in [2.45, 2.75) is 83.4 Å². The van der Waals surface area contributed by atoms with Gasteiger partial charge in [0, 0.05) is 18.5 Å². The van der Waals surface area contributed by atoms with E-state index in [2.05, 4.69) is 48.6 Å². The Labute approximate surface area is 213 Å². The van der Waals surface area contributed by atoms with Gasteiger partial charge in [-0.2, -0.15) is 4.91 Å². The second-order valence-electron chi connectivity index (χ2n) is 10.6. The molecule has 36 heavy (non-hydrogen) atoms. The van der Waals surface area contributed by atoms with Gasteiger partial charge in [-0.1, -0.05) is 54.9 Å². The van der Waals surface area contributed by atoms with Crippen LogP contribution in [0.4, 0.5) is 4.39 Å². The number of nitrogens with one attached hydrogen (secondary N) is 1. The van der Waals surface area contributed by atoms with Crippen LogP contribution in [0.25, 0.3) is 0 Å². The fourth-order valence-electron chi connectivity index (χ4n) is 5.30. The molecular formula is C29H39FN2O4. The van der Waals surface area contributed by atoms with Crippen molar-refractivity contribution in [2.75, 3.05) is 13.2 Å². The molecule has 3 rings (SSSR count). The van der Waals surface area contributed by atoms with Crippen LogP contribution in [0.3, 0.4) is 0 Å². The maximum atomic E-state index is 14.5. The Balaban J connectivity index is 1.57. The van der Waals surface area contributed by atoms with Gasteiger partial charge in [0.2, 0.25) is 0 Å². The van der Waals surface area contributed by atoms with Gasteiger partial charge in [-0.15, -0.1) is 0 Å². The van der Waals surface area contributed by atoms with E-state index in [1.165, 1.54) is 17.2 Å². The molecule has 1 aliphatic carbocycles. The number of carboxylic acid groups (broad SMARTS) is 1. The van der Waals surface area contributed by atoms with E-state index in [0.717, 1.165) is 25.7 Å². The van der Waals surface area contributed by atoms with Crippen molar-refractivity contribution in [2.24, 2.45) is 11.1 Å². The zero-order valence-corrected chi connectivity index (χ0v) is 21.6. The number of carboxylic acids is 1. The van der Waals surface area contributed by atoms with E-state index in [1.54, 1.807) is 12.1 Å². The monoisotopic (exact) mass is 498 g/mol. The third-order valence-electron chi connectivity index (χ3n) is 7.03. The molecule has 6 nitrogen and oxygen atoms in total. The van der Waals surface area contributed by atoms with Gasteiger partial charge in [-0.25, -0.2) is 4.39 Å². The molecule has 0 radical (unpaired) electrons. The van der Waals surface area contributed by atoms with Crippen LogP contribution in [0.15, 0.2) is 47.6 Å². The lowest BCUT2D eigenvalue weighted by molar-refractivity contribution is -0.136. The molecule has 0 unspecified atom stereocenters. The largest absolute Gasteiger partial charge is 0.481 e. The highest BCUT2D eigenvalue weighted by atomic mass is 19.1. The molecule has 0 saturated carbocycles. The Kier molecular flexibility index (Phi) is 10.1. The molecule has 7 heteroatoms. The van der Waals surface area contributed by atoms with E-state index in [9.17, 15) is 14.1 Å². The second-order valence-corrected chi connectivity index (χ2v) is 10.6. The summed E-state index contributed by atoms with van der Waals surface area (Å²) in [5.41, 5.74) is 3.72. The van der Waals surface area contributed by atoms with Crippen LogP contribution < -0.4 is 5.32 Å². The minimum absolute atomic E-state index is 0.0943. The van der Waals surface area contributed by atoms with Crippen molar-refractivity contribution in [3.8, 4) is 0 Å². The molecule has 0 spiro atoms. The third-order valence-corrected chi connectivity index (χ3v) is 7.03. The first-order valence-electron chi connectivity index (χ1n) is 13.0. The SMILES string of the molecule is CCC[C@@H](OC[C@@H](CNC(C)(C)CC1Cc2ccccc2C1)N=O)c1cccc(F)c1CCC(=O)O. The number of nitroso groups, excluding NO2 is 1. The van der Waals surface area contributed by atoms with Crippen LogP contribution >= 0.6 is 0 Å². The lowest BCUT2D eigenvalue weighted by Gasteiger charge is -2.30. The number of nitrogens with zero attached hydrogens (tertiary/aromatic N) is 1. The second kappa shape index (κ2) is 13.1. The van der Waals surface area contributed by atoms with Gasteiger partial charge in [0.1, 0.15) is 11.9 Å². The summed E-state index contributed by atoms with van der Waals surface area (Å²) in [5, 5.41) is 15.9. The summed E-state index contributed by atoms with van der Waals surface area (Å²) in [4.78, 5) is 22.7. The van der Waals surface area contributed by atoms with Gasteiger partial charge in [0.15, 0.2) is 0 Å². The molecule has 2 aromatic rings. The van der Waals surface area contributed by atoms with E-state index < -0.39 is 23.9 Å². The van der Waals surface area contributed by atoms with E-state index in [4.69, 9.17) is 9.84 Å². The molecule has 0 saturated heterocycles. The van der Waals surface area contributed by atoms with E-state index >= 15 is 0 Å². The summed E-state index contributed by atoms with van der Waals surface area (Å²) in [6.07, 6.45) is 4.09. The van der Waals surface area contributed by atoms with Crippen molar-refractivity contribution in [1.29, 1.82) is 0 Å². The summed E-state index contributed by atoms with van der Waals surface area (Å²) >= 11 is 0. The highest BCUT2D eigenvalue weighted by Crippen LogP contribution is 2.32. The summed E-state index contributed by atoms with van der Waals surface area (Å²) in [7, 11) is 0. The molecule has 1 aliphatic rings. The molecular weight excluding hydrogens is 459 g/mol. The molecule has 0 fully saturated rings. The van der Waals surface area contributed by atoms with Gasteiger partial charge in [-0.05, 0) is 80.2 Å². The van der Waals surface area contributed by atoms with Crippen molar-refractivity contribution in [3.05, 3.63) is 75.4 Å². The number of benzene rings is 2. The van der Waals surface area contributed by atoms with Crippen LogP contribution in [-0.2, 0) is 28.8 Å². The van der Waals surface area contributed by atoms with Crippen molar-refractivity contribution in [1.82, 2.24) is 5.32 Å². The number of halogens is 1. The smallest absolute Gasteiger partial charge is 0.303 e. The Hall–Kier alpha value is -2.64. The first-order chi connectivity index (χ1) is 17.2. The van der Waals surface area contributed by atoms with Gasteiger partial charge >= 0.3 is 5.97 Å². The van der Waals surface area contributed by atoms with Crippen LogP contribution in [0.1, 0.15) is 74.8 Å². The van der Waals surface area contributed by atoms with Crippen LogP contribution in [-0.4, -0.2) is 35.8 Å². The standard InChI is InChI=1S/C29H39FN2O4/c1-4-8-27(25-11-7-12-26(30)24(25)13-14-28(33)34)36-19-23(32-35)18-31-29(2,3)17-20-15-21-9-5-6-10-22(21)16-20/h5-7,9-12,20,23,27,31H,4,8,13-19H2,1-3H3,(H,33,34)/t23-,27-/m1/s1. The van der Waals surface area contributed by atoms with Crippen LogP contribution in [0.2, 0.25) is 0 Å². The Morgan fingerprint density at radius 2 is 1.89 bits per heavy atom. The number of ether oxygens (including phenoxy) is 1. The van der Waals surface area contributed by atoms with Crippen molar-refractivity contribution in [3.63, 3.8) is 0 Å². The van der Waals surface area contributed by atoms with Crippen LogP contribution in [0.5, 0.6) is 0 Å². The summed E-state index contributed by atoms with van der Waals surface area (Å²) < 4.78 is 20.7. The highest BCUT2D eigenvalue weighted by molar-refractivity contribution is 5.67. The number of hydrogen-bond donors (Lipinski definition) is 2. The zero-order valence-electron chi connectivity index (χ0n) is 21.6. The number of fused-ring (bicyclic) bond motifs is 1. The number of rotatable bonds is 15. The Morgan fingerprint density at radius 1 is 1.19 bits per heavy atom. The van der Waals surface area contributed by atoms with Gasteiger partial charge in [0.25, 0.3) is 0 Å². The molecule has 0 bridgehead atoms. The fourth-order valence-corrected chi connectivity index (χ4v) is 5.30. The Bertz CT molecular complexity index is 1000. The van der Waals surface area contributed by atoms with Crippen LogP contribution in [0, 0.1) is 16.6 Å². The maximum absolute atomic E-state index is 14.5. The third kappa shape index (κ3) is 7.93. The molecule has 0 aliphatic heterocycles. The normalized spacial score (nSPS) is 15.4. The molecule has 2 N–H and O–H groups in total. The summed E-state index contributed by atoms with van der Waals surface area (Å²) in [6, 6.07) is 12.8. The van der Waals surface area contributed by atoms with Gasteiger partial charge < -0.3 is 15.2 Å². The topological polar surface area (TPSA) is 88.0 Å². The fraction of sp³-hybridized carbons (Fsp3) is 0.552. The minimum Gasteiger partial charge on any atom is -0.481 e. The molecule has 2 atom stereocenters. The number of aliphatic carboxylic acids is 1. The Morgan fingerprint density at radius 3 is 2.50 bits per heavy atom. The van der Waals surface area contributed by atoms with Crippen molar-refractivity contribution < 1.29 is 19.0 Å². The molecule has 2 aromatic carbocycles. The highest BCUT2D eigenvalue weighted by Gasteiger charge is 2.29. The average molecular weight is 499 g/mol. The van der Waals surface area contributed by atoms with Gasteiger partial charge in [0.05, 0.1) is 12.7 Å². The molecule has 196 valence electrons. The lowest BCUT2D eigenvalue weighted by atomic mass is 9.88. The predicted octanol–water partition coefficient (Wildman–Crippen LogP) is 6.01. The first-order valence-corrected chi connectivity index (χ1v) is 13.0. The molecule has 0 heterocycles. The molecule has 0 amide bonds. The molecule has 0 aromatic heterocycles. The lowest BCUT2D eigenvalue weighted by Crippen LogP contribution is -2.45. The zero-order chi connectivity index (χ0) is 26.1.